The van der Waals surface area contributed by atoms with Crippen molar-refractivity contribution in [2.75, 3.05) is 0 Å². The number of halogens is 1. The average Bonchev–Trinajstić information content (AvgIpc) is 1.85. The first kappa shape index (κ1) is 15.1. The molecular weight excluding hydrogens is 194 g/mol. The molecule has 13 heavy (non-hydrogen) atoms. The molecule has 0 saturated carbocycles. The van der Waals surface area contributed by atoms with E-state index in [1.165, 1.54) is 12.1 Å². The van der Waals surface area contributed by atoms with Gasteiger partial charge in [0.25, 0.3) is 0 Å². The van der Waals surface area contributed by atoms with Crippen LogP contribution in [0.1, 0.15) is 0 Å². The molecule has 1 rings (SSSR count). The van der Waals surface area contributed by atoms with Gasteiger partial charge in [-0.1, -0.05) is 0 Å². The van der Waals surface area contributed by atoms with Crippen LogP contribution in [0.3, 0.4) is 0 Å². The van der Waals surface area contributed by atoms with E-state index in [0.29, 0.717) is 0 Å². The zero-order chi connectivity index (χ0) is 9.61. The summed E-state index contributed by atoms with van der Waals surface area (Å²) >= 11 is 0. The van der Waals surface area contributed by atoms with Gasteiger partial charge >= 0.3 is 29.3 Å². The van der Waals surface area contributed by atoms with Gasteiger partial charge in [-0.2, -0.15) is 26.6 Å². The monoisotopic (exact) mass is 200 g/mol. The Balaban J connectivity index is 0. The zero-order valence-corrected chi connectivity index (χ0v) is 7.62. The quantitative estimate of drug-likeness (QED) is 0.288. The first-order chi connectivity index (χ1) is 5.39. The minimum Gasteiger partial charge on any atom is -0.264 e. The smallest absolute Gasteiger partial charge is 0.264 e. The molecule has 0 atom stereocenters. The topological polar surface area (TPSA) is 74.6 Å². The van der Waals surface area contributed by atoms with Gasteiger partial charge in [0, 0.05) is 5.82 Å². The molecule has 0 saturated heterocycles. The second-order valence-electron chi connectivity index (χ2n) is 1.66. The third-order valence-electron chi connectivity index (χ3n) is 0.671. The van der Waals surface area contributed by atoms with Crippen LogP contribution in [-0.2, 0) is 10.4 Å². The molecule has 0 bridgehead atoms. The average molecular weight is 200 g/mol. The van der Waals surface area contributed by atoms with Crippen LogP contribution in [-0.4, -0.2) is 17.5 Å². The van der Waals surface area contributed by atoms with Crippen LogP contribution >= 0.6 is 0 Å². The van der Waals surface area contributed by atoms with Gasteiger partial charge in [0.05, 0.1) is 0 Å². The Hall–Kier alpha value is -0.383. The summed E-state index contributed by atoms with van der Waals surface area (Å²) in [6, 6.07) is 8.62. The molecule has 0 aliphatic carbocycles. The minimum absolute atomic E-state index is 0. The summed E-state index contributed by atoms with van der Waals surface area (Å²) in [5.41, 5.74) is 0. The third-order valence-corrected chi connectivity index (χ3v) is 0.671. The van der Waals surface area contributed by atoms with E-state index in [1.807, 2.05) is 0 Å². The van der Waals surface area contributed by atoms with Crippen molar-refractivity contribution in [1.82, 2.24) is 0 Å². The molecule has 0 unspecified atom stereocenters. The van der Waals surface area contributed by atoms with Crippen molar-refractivity contribution >= 4 is 10.4 Å². The van der Waals surface area contributed by atoms with Crippen LogP contribution in [0.5, 0.6) is 0 Å². The van der Waals surface area contributed by atoms with Crippen LogP contribution in [0.2, 0.25) is 0 Å². The van der Waals surface area contributed by atoms with E-state index in [4.69, 9.17) is 17.5 Å². The number of rotatable bonds is 0. The van der Waals surface area contributed by atoms with Crippen molar-refractivity contribution in [1.29, 1.82) is 0 Å². The van der Waals surface area contributed by atoms with Crippen LogP contribution in [0.25, 0.3) is 0 Å². The minimum atomic E-state index is -4.67. The van der Waals surface area contributed by atoms with Crippen LogP contribution in [0.15, 0.2) is 24.3 Å². The molecule has 1 aromatic carbocycles. The van der Waals surface area contributed by atoms with E-state index in [2.05, 4.69) is 6.07 Å². The van der Waals surface area contributed by atoms with Gasteiger partial charge in [0.15, 0.2) is 0 Å². The summed E-state index contributed by atoms with van der Waals surface area (Å²) in [6.45, 7) is 0. The number of benzene rings is 1. The Labute approximate surface area is 87.5 Å². The molecule has 0 heterocycles. The summed E-state index contributed by atoms with van der Waals surface area (Å²) in [6.07, 6.45) is 0. The van der Waals surface area contributed by atoms with Crippen LogP contribution in [0, 0.1) is 11.9 Å². The SMILES string of the molecule is Fc1[c-]cccc1.O=S(=O)(O)O.[Li+]. The largest absolute Gasteiger partial charge is 1.00 e. The molecule has 0 radical (unpaired) electrons. The molecular formula is C6H6FLiO4S. The van der Waals surface area contributed by atoms with Gasteiger partial charge in [-0.25, -0.2) is 4.39 Å². The molecule has 7 heteroatoms. The molecule has 0 aromatic heterocycles. The second-order valence-corrected chi connectivity index (χ2v) is 2.55. The summed E-state index contributed by atoms with van der Waals surface area (Å²) in [5, 5.41) is 0. The first-order valence-corrected chi connectivity index (χ1v) is 4.11. The van der Waals surface area contributed by atoms with Gasteiger partial charge in [0.1, 0.15) is 0 Å². The summed E-state index contributed by atoms with van der Waals surface area (Å²) in [7, 11) is -4.67. The van der Waals surface area contributed by atoms with Crippen molar-refractivity contribution in [3.8, 4) is 0 Å². The molecule has 0 amide bonds. The van der Waals surface area contributed by atoms with E-state index in [9.17, 15) is 4.39 Å². The van der Waals surface area contributed by atoms with Crippen molar-refractivity contribution < 1.29 is 40.8 Å². The van der Waals surface area contributed by atoms with Gasteiger partial charge in [-0.3, -0.25) is 9.11 Å². The Kier molecular flexibility index (Phi) is 8.21. The van der Waals surface area contributed by atoms with Gasteiger partial charge < -0.3 is 0 Å². The van der Waals surface area contributed by atoms with E-state index in [1.54, 1.807) is 12.1 Å². The van der Waals surface area contributed by atoms with Crippen molar-refractivity contribution in [2.24, 2.45) is 0 Å². The Morgan fingerprint density at radius 2 is 1.77 bits per heavy atom. The molecule has 0 aliphatic heterocycles. The van der Waals surface area contributed by atoms with Gasteiger partial charge in [-0.05, 0) is 0 Å². The number of hydrogen-bond donors (Lipinski definition) is 2. The van der Waals surface area contributed by atoms with Crippen LogP contribution in [0.4, 0.5) is 4.39 Å². The zero-order valence-electron chi connectivity index (χ0n) is 6.81. The predicted octanol–water partition coefficient (Wildman–Crippen LogP) is -2.02. The molecule has 1 aromatic rings. The van der Waals surface area contributed by atoms with Crippen molar-refractivity contribution in [2.45, 2.75) is 0 Å². The summed E-state index contributed by atoms with van der Waals surface area (Å²) in [5.74, 6) is -0.303. The maximum absolute atomic E-state index is 11.9. The maximum Gasteiger partial charge on any atom is 1.00 e. The van der Waals surface area contributed by atoms with Crippen molar-refractivity contribution in [3.05, 3.63) is 36.1 Å². The van der Waals surface area contributed by atoms with Crippen LogP contribution < -0.4 is 18.9 Å². The summed E-state index contributed by atoms with van der Waals surface area (Å²) < 4.78 is 43.4. The maximum atomic E-state index is 11.9. The van der Waals surface area contributed by atoms with E-state index >= 15 is 0 Å². The normalized spacial score (nSPS) is 9.15. The van der Waals surface area contributed by atoms with E-state index in [-0.39, 0.29) is 24.7 Å². The fourth-order valence-electron chi connectivity index (χ4n) is 0.371. The molecule has 0 spiro atoms. The van der Waals surface area contributed by atoms with E-state index < -0.39 is 10.4 Å². The van der Waals surface area contributed by atoms with E-state index in [0.717, 1.165) is 0 Å². The Bertz CT molecular complexity index is 305. The third kappa shape index (κ3) is 18.5. The van der Waals surface area contributed by atoms with Crippen molar-refractivity contribution in [3.63, 3.8) is 0 Å². The predicted molar refractivity (Wildman–Crippen MR) is 39.4 cm³/mol. The second kappa shape index (κ2) is 7.06. The Morgan fingerprint density at radius 1 is 1.31 bits per heavy atom. The fraction of sp³-hybridized carbons (Fsp3) is 0. The molecule has 0 fully saturated rings. The molecule has 2 N–H and O–H groups in total. The molecule has 68 valence electrons. The fourth-order valence-corrected chi connectivity index (χ4v) is 0.371. The van der Waals surface area contributed by atoms with Gasteiger partial charge in [0.2, 0.25) is 0 Å². The molecule has 0 aliphatic rings. The van der Waals surface area contributed by atoms with Gasteiger partial charge in [-0.15, -0.1) is 12.1 Å². The Morgan fingerprint density at radius 3 is 1.92 bits per heavy atom. The first-order valence-electron chi connectivity index (χ1n) is 2.71. The number of hydrogen-bond acceptors (Lipinski definition) is 2. The standard InChI is InChI=1S/C6H4F.Li.H2O4S/c7-6-4-2-1-3-5-6;;1-5(2,3)4/h1-4H;;(H2,1,2,3,4)/q-1;+1;. The summed E-state index contributed by atoms with van der Waals surface area (Å²) in [4.78, 5) is 0. The molecule has 4 nitrogen and oxygen atoms in total.